The summed E-state index contributed by atoms with van der Waals surface area (Å²) >= 11 is 3.48. The summed E-state index contributed by atoms with van der Waals surface area (Å²) in [5.74, 6) is 0.127. The van der Waals surface area contributed by atoms with E-state index in [0.29, 0.717) is 11.5 Å². The molecular formula is C13H17BrO3. The van der Waals surface area contributed by atoms with Crippen LogP contribution in [0.2, 0.25) is 0 Å². The summed E-state index contributed by atoms with van der Waals surface area (Å²) in [6.07, 6.45) is 0.913. The summed E-state index contributed by atoms with van der Waals surface area (Å²) in [4.78, 5) is 11.3. The Labute approximate surface area is 110 Å². The minimum absolute atomic E-state index is 0.317. The molecule has 0 bridgehead atoms. The number of ether oxygens (including phenoxy) is 2. The van der Waals surface area contributed by atoms with Gasteiger partial charge in [-0.2, -0.15) is 0 Å². The molecule has 0 fully saturated rings. The lowest BCUT2D eigenvalue weighted by Gasteiger charge is -2.12. The predicted octanol–water partition coefficient (Wildman–Crippen LogP) is 3.06. The molecule has 0 spiro atoms. The molecule has 1 rings (SSSR count). The largest absolute Gasteiger partial charge is 0.465 e. The number of esters is 1. The van der Waals surface area contributed by atoms with Crippen molar-refractivity contribution >= 4 is 21.9 Å². The van der Waals surface area contributed by atoms with E-state index in [2.05, 4.69) is 27.6 Å². The molecular weight excluding hydrogens is 284 g/mol. The topological polar surface area (TPSA) is 35.5 Å². The lowest BCUT2D eigenvalue weighted by atomic mass is 10.0. The number of carbonyl (C=O) groups is 1. The molecule has 1 atom stereocenters. The third-order valence-corrected chi connectivity index (χ3v) is 3.23. The van der Waals surface area contributed by atoms with Crippen LogP contribution >= 0.6 is 15.9 Å². The van der Waals surface area contributed by atoms with E-state index in [-0.39, 0.29) is 5.97 Å². The fourth-order valence-electron chi connectivity index (χ4n) is 1.68. The smallest absolute Gasteiger partial charge is 0.337 e. The van der Waals surface area contributed by atoms with Crippen molar-refractivity contribution in [3.05, 3.63) is 33.8 Å². The molecule has 0 heterocycles. The third-order valence-electron chi connectivity index (χ3n) is 2.49. The Morgan fingerprint density at radius 2 is 2.12 bits per heavy atom. The zero-order chi connectivity index (χ0) is 12.8. The Morgan fingerprint density at radius 3 is 2.65 bits per heavy atom. The van der Waals surface area contributed by atoms with Crippen molar-refractivity contribution < 1.29 is 14.3 Å². The first-order valence-electron chi connectivity index (χ1n) is 5.44. The Kier molecular flexibility index (Phi) is 5.65. The van der Waals surface area contributed by atoms with Gasteiger partial charge in [-0.15, -0.1) is 0 Å². The average Bonchev–Trinajstić information content (AvgIpc) is 2.31. The van der Waals surface area contributed by atoms with Crippen LogP contribution in [0.3, 0.4) is 0 Å². The summed E-state index contributed by atoms with van der Waals surface area (Å²) in [5.41, 5.74) is 1.73. The van der Waals surface area contributed by atoms with Gasteiger partial charge in [0.15, 0.2) is 0 Å². The fourth-order valence-corrected chi connectivity index (χ4v) is 2.22. The molecule has 0 unspecified atom stereocenters. The average molecular weight is 301 g/mol. The van der Waals surface area contributed by atoms with Gasteiger partial charge >= 0.3 is 5.97 Å². The first kappa shape index (κ1) is 14.2. The molecule has 0 aromatic heterocycles. The summed E-state index contributed by atoms with van der Waals surface area (Å²) in [7, 11) is 3.08. The van der Waals surface area contributed by atoms with Crippen LogP contribution in [-0.2, 0) is 15.9 Å². The van der Waals surface area contributed by atoms with Crippen LogP contribution in [0.15, 0.2) is 22.7 Å². The second kappa shape index (κ2) is 6.77. The maximum Gasteiger partial charge on any atom is 0.337 e. The van der Waals surface area contributed by atoms with Crippen LogP contribution in [0.4, 0.5) is 0 Å². The minimum atomic E-state index is -0.317. The highest BCUT2D eigenvalue weighted by molar-refractivity contribution is 9.10. The Balaban J connectivity index is 2.79. The molecule has 0 saturated heterocycles. The van der Waals surface area contributed by atoms with Crippen LogP contribution < -0.4 is 0 Å². The lowest BCUT2D eigenvalue weighted by Crippen LogP contribution is -2.08. The molecule has 3 nitrogen and oxygen atoms in total. The maximum atomic E-state index is 11.3. The quantitative estimate of drug-likeness (QED) is 0.784. The van der Waals surface area contributed by atoms with Crippen LogP contribution in [0, 0.1) is 5.92 Å². The molecule has 94 valence electrons. The molecule has 4 heteroatoms. The first-order valence-corrected chi connectivity index (χ1v) is 6.23. The number of hydrogen-bond acceptors (Lipinski definition) is 3. The van der Waals surface area contributed by atoms with E-state index in [1.54, 1.807) is 19.2 Å². The van der Waals surface area contributed by atoms with E-state index in [0.717, 1.165) is 17.5 Å². The van der Waals surface area contributed by atoms with Gasteiger partial charge in [-0.05, 0) is 30.0 Å². The standard InChI is InChI=1S/C13H17BrO3/c1-9(8-16-2)6-10-4-5-11(7-12(10)14)13(15)17-3/h4-5,7,9H,6,8H2,1-3H3/t9-/m1/s1. The lowest BCUT2D eigenvalue weighted by molar-refractivity contribution is 0.0600. The second-order valence-electron chi connectivity index (χ2n) is 4.06. The van der Waals surface area contributed by atoms with Crippen LogP contribution in [0.25, 0.3) is 0 Å². The minimum Gasteiger partial charge on any atom is -0.465 e. The van der Waals surface area contributed by atoms with Gasteiger partial charge in [0, 0.05) is 18.2 Å². The van der Waals surface area contributed by atoms with Gasteiger partial charge in [-0.25, -0.2) is 4.79 Å². The fraction of sp³-hybridized carbons (Fsp3) is 0.462. The zero-order valence-electron chi connectivity index (χ0n) is 10.3. The molecule has 17 heavy (non-hydrogen) atoms. The van der Waals surface area contributed by atoms with Gasteiger partial charge in [0.05, 0.1) is 12.7 Å². The van der Waals surface area contributed by atoms with Crippen LogP contribution in [0.5, 0.6) is 0 Å². The number of methoxy groups -OCH3 is 2. The molecule has 1 aromatic carbocycles. The monoisotopic (exact) mass is 300 g/mol. The number of rotatable bonds is 5. The van der Waals surface area contributed by atoms with Gasteiger partial charge < -0.3 is 9.47 Å². The molecule has 0 aliphatic carbocycles. The van der Waals surface area contributed by atoms with Crippen molar-refractivity contribution in [2.24, 2.45) is 5.92 Å². The highest BCUT2D eigenvalue weighted by Gasteiger charge is 2.10. The van der Waals surface area contributed by atoms with Gasteiger partial charge in [0.1, 0.15) is 0 Å². The summed E-state index contributed by atoms with van der Waals surface area (Å²) < 4.78 is 10.7. The normalized spacial score (nSPS) is 12.2. The Bertz CT molecular complexity index is 390. The highest BCUT2D eigenvalue weighted by atomic mass is 79.9. The van der Waals surface area contributed by atoms with E-state index in [9.17, 15) is 4.79 Å². The van der Waals surface area contributed by atoms with Crippen LogP contribution in [0.1, 0.15) is 22.8 Å². The third kappa shape index (κ3) is 4.13. The molecule has 0 amide bonds. The molecule has 1 aromatic rings. The van der Waals surface area contributed by atoms with Crippen molar-refractivity contribution in [1.82, 2.24) is 0 Å². The Morgan fingerprint density at radius 1 is 1.41 bits per heavy atom. The number of carbonyl (C=O) groups excluding carboxylic acids is 1. The van der Waals surface area contributed by atoms with E-state index in [1.165, 1.54) is 12.7 Å². The van der Waals surface area contributed by atoms with E-state index in [4.69, 9.17) is 4.74 Å². The Hall–Kier alpha value is -0.870. The molecule has 0 saturated carbocycles. The van der Waals surface area contributed by atoms with Crippen molar-refractivity contribution in [3.63, 3.8) is 0 Å². The van der Waals surface area contributed by atoms with Gasteiger partial charge in [-0.3, -0.25) is 0 Å². The van der Waals surface area contributed by atoms with E-state index >= 15 is 0 Å². The van der Waals surface area contributed by atoms with Crippen molar-refractivity contribution in [2.75, 3.05) is 20.8 Å². The summed E-state index contributed by atoms with van der Waals surface area (Å²) in [6, 6.07) is 5.52. The predicted molar refractivity (Wildman–Crippen MR) is 70.2 cm³/mol. The van der Waals surface area contributed by atoms with Gasteiger partial charge in [0.25, 0.3) is 0 Å². The van der Waals surface area contributed by atoms with Crippen molar-refractivity contribution in [1.29, 1.82) is 0 Å². The summed E-state index contributed by atoms with van der Waals surface area (Å²) in [5, 5.41) is 0. The SMILES string of the molecule is COC[C@H](C)Cc1ccc(C(=O)OC)cc1Br. The number of benzene rings is 1. The number of halogens is 1. The molecule has 0 N–H and O–H groups in total. The van der Waals surface area contributed by atoms with Crippen molar-refractivity contribution in [3.8, 4) is 0 Å². The second-order valence-corrected chi connectivity index (χ2v) is 4.92. The van der Waals surface area contributed by atoms with Gasteiger partial charge in [-0.1, -0.05) is 28.9 Å². The van der Waals surface area contributed by atoms with E-state index in [1.807, 2.05) is 6.07 Å². The maximum absolute atomic E-state index is 11.3. The molecule has 0 radical (unpaired) electrons. The van der Waals surface area contributed by atoms with E-state index < -0.39 is 0 Å². The first-order chi connectivity index (χ1) is 8.08. The highest BCUT2D eigenvalue weighted by Crippen LogP contribution is 2.22. The molecule has 0 aliphatic rings. The molecule has 0 aliphatic heterocycles. The van der Waals surface area contributed by atoms with Gasteiger partial charge in [0.2, 0.25) is 0 Å². The summed E-state index contributed by atoms with van der Waals surface area (Å²) in [6.45, 7) is 2.86. The zero-order valence-corrected chi connectivity index (χ0v) is 11.9. The van der Waals surface area contributed by atoms with Crippen LogP contribution in [-0.4, -0.2) is 26.8 Å². The number of hydrogen-bond donors (Lipinski definition) is 0. The van der Waals surface area contributed by atoms with Crippen molar-refractivity contribution in [2.45, 2.75) is 13.3 Å².